The summed E-state index contributed by atoms with van der Waals surface area (Å²) in [6.45, 7) is 34.2. The Morgan fingerprint density at radius 1 is 0.633 bits per heavy atom. The van der Waals surface area contributed by atoms with Gasteiger partial charge in [0.15, 0.2) is 0 Å². The van der Waals surface area contributed by atoms with E-state index in [1.807, 2.05) is 13.8 Å². The monoisotopic (exact) mass is 829 g/mol. The number of likely N-dealkylation sites (tertiary alicyclic amines) is 2. The zero-order valence-corrected chi connectivity index (χ0v) is 40.1. The number of nitrogens with zero attached hydrogens (tertiary/aromatic N) is 2. The predicted molar refractivity (Wildman–Crippen MR) is 236 cm³/mol. The number of aliphatic carboxylic acids is 1. The molecule has 2 aliphatic heterocycles. The Morgan fingerprint density at radius 2 is 1.23 bits per heavy atom. The van der Waals surface area contributed by atoms with Crippen molar-refractivity contribution in [1.29, 1.82) is 0 Å². The lowest BCUT2D eigenvalue weighted by Gasteiger charge is -2.78. The third kappa shape index (κ3) is 4.92. The third-order valence-corrected chi connectivity index (χ3v) is 24.9. The molecule has 1 N–H and O–H groups in total. The summed E-state index contributed by atoms with van der Waals surface area (Å²) < 4.78 is 6.55. The SMILES string of the molecule is CC1([C@@H]2CC[C@]3(C(=O)N4C[C@H]5[C@@H]([C@H]4CN4CCCC4)C5(C)C)CC[C@]4(C)[C@H](CC[C@@]5(C)[C@@]4(C)CC[C@H]4C(C)(C)[C@@H](OC(=O)[C@H]6C[C@@H](C(=O)O)C6(C)C)CC[C@@]45C)[C@@]23C)CC1. The molecule has 7 heteroatoms. The van der Waals surface area contributed by atoms with Gasteiger partial charge in [0.05, 0.1) is 17.3 Å². The van der Waals surface area contributed by atoms with Crippen LogP contribution in [0.2, 0.25) is 0 Å². The van der Waals surface area contributed by atoms with Crippen LogP contribution in [0.15, 0.2) is 0 Å². The minimum absolute atomic E-state index is 0.00893. The molecule has 0 aromatic carbocycles. The first kappa shape index (κ1) is 42.3. The molecule has 8 saturated carbocycles. The molecule has 8 aliphatic carbocycles. The van der Waals surface area contributed by atoms with E-state index in [0.717, 1.165) is 51.6 Å². The summed E-state index contributed by atoms with van der Waals surface area (Å²) in [4.78, 5) is 47.0. The number of carbonyl (C=O) groups excluding carboxylic acids is 2. The van der Waals surface area contributed by atoms with Crippen molar-refractivity contribution in [2.24, 2.45) is 95.6 Å². The first-order valence-electron chi connectivity index (χ1n) is 25.3. The van der Waals surface area contributed by atoms with Gasteiger partial charge in [-0.1, -0.05) is 83.1 Å². The summed E-state index contributed by atoms with van der Waals surface area (Å²) in [7, 11) is 0. The summed E-state index contributed by atoms with van der Waals surface area (Å²) in [5, 5.41) is 9.76. The van der Waals surface area contributed by atoms with Crippen LogP contribution >= 0.6 is 0 Å². The Bertz CT molecular complexity index is 1840. The number of rotatable bonds is 7. The highest BCUT2D eigenvalue weighted by Gasteiger charge is 2.81. The number of carboxylic acid groups (broad SMARTS) is 1. The van der Waals surface area contributed by atoms with E-state index in [2.05, 4.69) is 79.0 Å². The van der Waals surface area contributed by atoms with Crippen molar-refractivity contribution < 1.29 is 24.2 Å². The lowest BCUT2D eigenvalue weighted by Crippen LogP contribution is -2.73. The molecular formula is C53H84N2O5. The Hall–Kier alpha value is -1.63. The van der Waals surface area contributed by atoms with Gasteiger partial charge in [-0.2, -0.15) is 0 Å². The molecule has 0 radical (unpaired) electrons. The van der Waals surface area contributed by atoms with E-state index in [4.69, 9.17) is 4.74 Å². The van der Waals surface area contributed by atoms with E-state index < -0.39 is 17.3 Å². The number of piperidine rings is 1. The van der Waals surface area contributed by atoms with Crippen molar-refractivity contribution in [2.75, 3.05) is 26.2 Å². The minimum atomic E-state index is -0.803. The van der Waals surface area contributed by atoms with E-state index in [-0.39, 0.29) is 55.9 Å². The highest BCUT2D eigenvalue weighted by Crippen LogP contribution is 2.85. The van der Waals surface area contributed by atoms with Gasteiger partial charge in [0, 0.05) is 24.5 Å². The molecule has 0 aromatic rings. The van der Waals surface area contributed by atoms with Crippen LogP contribution in [-0.4, -0.2) is 71.1 Å². The van der Waals surface area contributed by atoms with Gasteiger partial charge < -0.3 is 19.6 Å². The van der Waals surface area contributed by atoms with Crippen LogP contribution in [0.3, 0.4) is 0 Å². The van der Waals surface area contributed by atoms with Gasteiger partial charge >= 0.3 is 11.9 Å². The van der Waals surface area contributed by atoms with Gasteiger partial charge in [-0.15, -0.1) is 0 Å². The summed E-state index contributed by atoms with van der Waals surface area (Å²) in [5.74, 6) is 1.64. The number of fused-ring (bicyclic) bond motifs is 8. The average Bonchev–Trinajstić information content (AvgIpc) is 3.67. The van der Waals surface area contributed by atoms with Crippen molar-refractivity contribution in [1.82, 2.24) is 9.80 Å². The van der Waals surface area contributed by atoms with Crippen molar-refractivity contribution in [2.45, 2.75) is 192 Å². The highest BCUT2D eigenvalue weighted by atomic mass is 16.5. The second kappa shape index (κ2) is 12.6. The fourth-order valence-electron chi connectivity index (χ4n) is 20.1. The van der Waals surface area contributed by atoms with Crippen molar-refractivity contribution in [3.05, 3.63) is 0 Å². The molecule has 2 saturated heterocycles. The number of hydrogen-bond acceptors (Lipinski definition) is 5. The fraction of sp³-hybridized carbons (Fsp3) is 0.943. The fourth-order valence-corrected chi connectivity index (χ4v) is 20.1. The summed E-state index contributed by atoms with van der Waals surface area (Å²) in [6.07, 6.45) is 16.7. The number of ether oxygens (including phenoxy) is 1. The molecule has 10 aliphatic rings. The van der Waals surface area contributed by atoms with E-state index in [9.17, 15) is 14.7 Å². The standard InChI is InChI=1S/C53H84N2O5/c1-44(2)32(41(56)57)29-33(44)42(58)60-39-18-19-48(8)36(46(39,5)6)15-20-51(11)49(9)25-26-53(22-17-37(47(7)23-24-47)52(53,12)38(49)16-21-50(48,51)10)43(59)55-30-34-40(45(34,3)4)35(55)31-54-27-13-14-28-54/h32-40H,13-31H2,1-12H3,(H,56,57)/t32-,33+,34-,35+,36-,37-,38-,39-,40-,48-,49+,50+,51-,52+,53+/m0/s1. The van der Waals surface area contributed by atoms with Crippen LogP contribution < -0.4 is 0 Å². The van der Waals surface area contributed by atoms with Gasteiger partial charge in [0.1, 0.15) is 6.10 Å². The van der Waals surface area contributed by atoms with E-state index in [0.29, 0.717) is 58.8 Å². The summed E-state index contributed by atoms with van der Waals surface area (Å²) >= 11 is 0. The zero-order chi connectivity index (χ0) is 43.2. The van der Waals surface area contributed by atoms with Crippen LogP contribution in [0.5, 0.6) is 0 Å². The lowest BCUT2D eigenvalue weighted by molar-refractivity contribution is -0.305. The lowest BCUT2D eigenvalue weighted by atomic mass is 9.26. The Morgan fingerprint density at radius 3 is 1.83 bits per heavy atom. The summed E-state index contributed by atoms with van der Waals surface area (Å²) in [6, 6.07) is 0.375. The quantitative estimate of drug-likeness (QED) is 0.257. The van der Waals surface area contributed by atoms with Crippen LogP contribution in [-0.2, 0) is 19.1 Å². The Kier molecular flexibility index (Phi) is 8.88. The molecular weight excluding hydrogens is 745 g/mol. The second-order valence-corrected chi connectivity index (χ2v) is 27.1. The maximum absolute atomic E-state index is 16.1. The molecule has 7 nitrogen and oxygen atoms in total. The highest BCUT2D eigenvalue weighted by molar-refractivity contribution is 5.86. The topological polar surface area (TPSA) is 87.2 Å². The number of carbonyl (C=O) groups is 3. The molecule has 0 aromatic heterocycles. The number of carboxylic acids is 1. The number of esters is 1. The molecule has 2 heterocycles. The first-order chi connectivity index (χ1) is 27.8. The molecule has 1 amide bonds. The van der Waals surface area contributed by atoms with Gasteiger partial charge in [-0.3, -0.25) is 14.4 Å². The van der Waals surface area contributed by atoms with E-state index >= 15 is 4.79 Å². The summed E-state index contributed by atoms with van der Waals surface area (Å²) in [5.41, 5.74) is 0.171. The van der Waals surface area contributed by atoms with Gasteiger partial charge in [0.2, 0.25) is 5.91 Å². The first-order valence-corrected chi connectivity index (χ1v) is 25.3. The Labute approximate surface area is 364 Å². The van der Waals surface area contributed by atoms with E-state index in [1.165, 1.54) is 64.5 Å². The molecule has 10 rings (SSSR count). The molecule has 60 heavy (non-hydrogen) atoms. The average molecular weight is 829 g/mol. The number of hydrogen-bond donors (Lipinski definition) is 1. The van der Waals surface area contributed by atoms with Gasteiger partial charge in [0.25, 0.3) is 0 Å². The molecule has 0 bridgehead atoms. The molecule has 336 valence electrons. The van der Waals surface area contributed by atoms with Crippen molar-refractivity contribution in [3.8, 4) is 0 Å². The smallest absolute Gasteiger partial charge is 0.309 e. The zero-order valence-electron chi connectivity index (χ0n) is 40.1. The van der Waals surface area contributed by atoms with Gasteiger partial charge in [-0.25, -0.2) is 0 Å². The van der Waals surface area contributed by atoms with E-state index in [1.54, 1.807) is 0 Å². The van der Waals surface area contributed by atoms with Gasteiger partial charge in [-0.05, 0) is 182 Å². The maximum atomic E-state index is 16.1. The predicted octanol–water partition coefficient (Wildman–Crippen LogP) is 10.9. The Balaban J connectivity index is 0.953. The maximum Gasteiger partial charge on any atom is 0.309 e. The minimum Gasteiger partial charge on any atom is -0.481 e. The van der Waals surface area contributed by atoms with Crippen molar-refractivity contribution >= 4 is 17.8 Å². The normalized spacial score (nSPS) is 52.5. The molecule has 15 atom stereocenters. The van der Waals surface area contributed by atoms with Crippen LogP contribution in [0.4, 0.5) is 0 Å². The third-order valence-electron chi connectivity index (χ3n) is 24.9. The largest absolute Gasteiger partial charge is 0.481 e. The second-order valence-electron chi connectivity index (χ2n) is 27.1. The molecule has 10 fully saturated rings. The van der Waals surface area contributed by atoms with Crippen LogP contribution in [0.1, 0.15) is 179 Å². The molecule has 0 spiro atoms. The van der Waals surface area contributed by atoms with Crippen LogP contribution in [0.25, 0.3) is 0 Å². The van der Waals surface area contributed by atoms with Crippen LogP contribution in [0, 0.1) is 95.6 Å². The number of amides is 1. The molecule has 0 unspecified atom stereocenters. The van der Waals surface area contributed by atoms with Crippen molar-refractivity contribution in [3.63, 3.8) is 0 Å².